The van der Waals surface area contributed by atoms with Gasteiger partial charge in [-0.1, -0.05) is 0 Å². The Labute approximate surface area is 70.6 Å². The predicted molar refractivity (Wildman–Crippen MR) is 13.0 cm³/mol. The fourth-order valence-corrected chi connectivity index (χ4v) is 0. The summed E-state index contributed by atoms with van der Waals surface area (Å²) in [5, 5.41) is 14.0. The van der Waals surface area contributed by atoms with Gasteiger partial charge < -0.3 is 10.5 Å². The van der Waals surface area contributed by atoms with E-state index >= 15 is 0 Å². The first kappa shape index (κ1) is 17.1. The molecule has 0 N–H and O–H groups in total. The Morgan fingerprint density at radius 3 is 1.00 bits per heavy atom. The molecule has 0 fully saturated rings. The van der Waals surface area contributed by atoms with Gasteiger partial charge in [0.05, 0.1) is 0 Å². The Hall–Kier alpha value is 1.78. The molecular weight excluding hydrogens is 205 g/mol. The van der Waals surface area contributed by atoms with E-state index in [4.69, 9.17) is 10.5 Å². The quantitative estimate of drug-likeness (QED) is 0.253. The van der Waals surface area contributed by atoms with Crippen LogP contribution in [0.3, 0.4) is 0 Å². The molecule has 0 atom stereocenters. The van der Waals surface area contributed by atoms with E-state index in [2.05, 4.69) is 0 Å². The SMILES string of the molecule is Cl.[Ba+2].[O-][O-]. The van der Waals surface area contributed by atoms with Gasteiger partial charge in [0.1, 0.15) is 0 Å². The van der Waals surface area contributed by atoms with Gasteiger partial charge in [-0.3, -0.25) is 0 Å². The van der Waals surface area contributed by atoms with E-state index in [0.717, 1.165) is 0 Å². The summed E-state index contributed by atoms with van der Waals surface area (Å²) in [4.78, 5) is 0. The van der Waals surface area contributed by atoms with Crippen molar-refractivity contribution in [3.63, 3.8) is 0 Å². The van der Waals surface area contributed by atoms with E-state index in [1.54, 1.807) is 0 Å². The molecule has 4 heteroatoms. The first-order valence-electron chi connectivity index (χ1n) is 0.167. The molecule has 0 saturated heterocycles. The smallest absolute Gasteiger partial charge is 1.00 e. The van der Waals surface area contributed by atoms with E-state index < -0.39 is 0 Å². The van der Waals surface area contributed by atoms with Crippen molar-refractivity contribution in [3.05, 3.63) is 0 Å². The van der Waals surface area contributed by atoms with Gasteiger partial charge in [0.25, 0.3) is 0 Å². The average molecular weight is 206 g/mol. The summed E-state index contributed by atoms with van der Waals surface area (Å²) in [5.74, 6) is 0. The molecule has 2 nitrogen and oxygen atoms in total. The molecule has 0 aliphatic carbocycles. The van der Waals surface area contributed by atoms with Gasteiger partial charge in [-0.15, -0.1) is 12.4 Å². The molecule has 0 radical (unpaired) electrons. The third-order valence-electron chi connectivity index (χ3n) is 0. The first-order chi connectivity index (χ1) is 1.00. The molecule has 22 valence electrons. The van der Waals surface area contributed by atoms with Crippen molar-refractivity contribution >= 4 is 61.3 Å². The Morgan fingerprint density at radius 1 is 1.00 bits per heavy atom. The van der Waals surface area contributed by atoms with Crippen LogP contribution in [0, 0.1) is 0 Å². The van der Waals surface area contributed by atoms with Crippen LogP contribution >= 0.6 is 12.4 Å². The largest absolute Gasteiger partial charge is 2.00 e. The van der Waals surface area contributed by atoms with Crippen LogP contribution in [0.15, 0.2) is 0 Å². The molecule has 0 aromatic carbocycles. The molecule has 0 aromatic heterocycles. The summed E-state index contributed by atoms with van der Waals surface area (Å²) in [6, 6.07) is 0. The second-order valence-electron chi connectivity index (χ2n) is 0. The predicted octanol–water partition coefficient (Wildman–Crippen LogP) is -2.34. The van der Waals surface area contributed by atoms with Crippen LogP contribution < -0.4 is 10.5 Å². The van der Waals surface area contributed by atoms with Gasteiger partial charge in [0, 0.05) is 0 Å². The zero-order valence-electron chi connectivity index (χ0n) is 1.93. The minimum absolute atomic E-state index is 0. The summed E-state index contributed by atoms with van der Waals surface area (Å²) in [5.41, 5.74) is 0. The van der Waals surface area contributed by atoms with Gasteiger partial charge in [-0.25, -0.2) is 0 Å². The Bertz CT molecular complexity index is 6.00. The minimum atomic E-state index is 0. The number of hydrogen-bond donors (Lipinski definition) is 0. The summed E-state index contributed by atoms with van der Waals surface area (Å²) in [6.07, 6.45) is 0. The summed E-state index contributed by atoms with van der Waals surface area (Å²) in [6.45, 7) is 0. The van der Waals surface area contributed by atoms with Crippen LogP contribution in [-0.2, 0) is 0 Å². The van der Waals surface area contributed by atoms with Gasteiger partial charge in [0.2, 0.25) is 0 Å². The summed E-state index contributed by atoms with van der Waals surface area (Å²) < 4.78 is 0. The zero-order chi connectivity index (χ0) is 2.00. The molecule has 0 aliphatic rings. The molecule has 0 spiro atoms. The van der Waals surface area contributed by atoms with Crippen molar-refractivity contribution < 1.29 is 10.5 Å². The van der Waals surface area contributed by atoms with Crippen molar-refractivity contribution in [1.82, 2.24) is 0 Å². The third kappa shape index (κ3) is 9.22. The molecule has 0 aromatic rings. The van der Waals surface area contributed by atoms with Crippen LogP contribution in [0.25, 0.3) is 0 Å². The van der Waals surface area contributed by atoms with Crippen LogP contribution in [0.5, 0.6) is 0 Å². The van der Waals surface area contributed by atoms with Gasteiger partial charge >= 0.3 is 48.9 Å². The fraction of sp³-hybridized carbons (Fsp3) is 0. The maximum atomic E-state index is 7.00. The molecule has 0 saturated carbocycles. The number of rotatable bonds is 0. The summed E-state index contributed by atoms with van der Waals surface area (Å²) in [7, 11) is 0. The molecule has 0 amide bonds. The van der Waals surface area contributed by atoms with Crippen molar-refractivity contribution in [2.24, 2.45) is 0 Å². The monoisotopic (exact) mass is 206 g/mol. The third-order valence-corrected chi connectivity index (χ3v) is 0. The van der Waals surface area contributed by atoms with E-state index in [0.29, 0.717) is 0 Å². The topological polar surface area (TPSA) is 46.1 Å². The Kier molecular flexibility index (Phi) is 92.0. The zero-order valence-corrected chi connectivity index (χ0v) is 7.19. The van der Waals surface area contributed by atoms with Crippen LogP contribution in [-0.4, -0.2) is 48.9 Å². The molecule has 0 aliphatic heterocycles. The molecule has 0 rings (SSSR count). The summed E-state index contributed by atoms with van der Waals surface area (Å²) >= 11 is 0. The Morgan fingerprint density at radius 2 is 1.00 bits per heavy atom. The molecule has 4 heavy (non-hydrogen) atoms. The van der Waals surface area contributed by atoms with E-state index in [9.17, 15) is 0 Å². The number of hydrogen-bond acceptors (Lipinski definition) is 2. The van der Waals surface area contributed by atoms with Gasteiger partial charge in [0.15, 0.2) is 0 Å². The second-order valence-corrected chi connectivity index (χ2v) is 0. The van der Waals surface area contributed by atoms with E-state index in [-0.39, 0.29) is 61.3 Å². The standard InChI is InChI=1S/Ba.ClH.O2/c;;1-2/h;1H;/q+2;;-2. The second kappa shape index (κ2) is 21.5. The van der Waals surface area contributed by atoms with Crippen molar-refractivity contribution in [1.29, 1.82) is 0 Å². The Balaban J connectivity index is -0.00000000500. The van der Waals surface area contributed by atoms with E-state index in [1.807, 2.05) is 0 Å². The first-order valence-corrected chi connectivity index (χ1v) is 0.167. The average Bonchev–Trinajstić information content (AvgIpc) is 1.00. The van der Waals surface area contributed by atoms with E-state index in [1.165, 1.54) is 0 Å². The molecule has 0 bridgehead atoms. The minimum Gasteiger partial charge on any atom is -1.00 e. The van der Waals surface area contributed by atoms with Crippen molar-refractivity contribution in [2.75, 3.05) is 0 Å². The molecule has 0 unspecified atom stereocenters. The van der Waals surface area contributed by atoms with Crippen LogP contribution in [0.2, 0.25) is 0 Å². The normalized spacial score (nSPS) is 1.50. The molecular formula is HBaClO2. The van der Waals surface area contributed by atoms with Crippen molar-refractivity contribution in [2.45, 2.75) is 0 Å². The number of halogens is 1. The van der Waals surface area contributed by atoms with Crippen LogP contribution in [0.1, 0.15) is 0 Å². The fourth-order valence-electron chi connectivity index (χ4n) is 0. The maximum Gasteiger partial charge on any atom is 2.00 e. The van der Waals surface area contributed by atoms with Crippen LogP contribution in [0.4, 0.5) is 0 Å². The molecule has 0 heterocycles. The van der Waals surface area contributed by atoms with Gasteiger partial charge in [-0.2, -0.15) is 0 Å². The van der Waals surface area contributed by atoms with Gasteiger partial charge in [-0.05, 0) is 0 Å². The van der Waals surface area contributed by atoms with Crippen molar-refractivity contribution in [3.8, 4) is 0 Å². The maximum absolute atomic E-state index is 7.00.